The minimum absolute atomic E-state index is 0.0471. The maximum absolute atomic E-state index is 13.4. The van der Waals surface area contributed by atoms with E-state index in [0.717, 1.165) is 26.7 Å². The number of alkyl halides is 3. The van der Waals surface area contributed by atoms with Crippen molar-refractivity contribution in [2.45, 2.75) is 6.18 Å². The lowest BCUT2D eigenvalue weighted by molar-refractivity contribution is -0.137. The molecule has 0 aliphatic heterocycles. The number of hydrogen-bond donors (Lipinski definition) is 1. The van der Waals surface area contributed by atoms with Crippen LogP contribution in [0.5, 0.6) is 0 Å². The molecule has 0 unspecified atom stereocenters. The number of H-pyrrole nitrogens is 1. The number of aromatic nitrogens is 6. The van der Waals surface area contributed by atoms with Crippen LogP contribution in [0, 0.1) is 0 Å². The molecule has 0 radical (unpaired) electrons. The smallest absolute Gasteiger partial charge is 0.346 e. The molecule has 0 spiro atoms. The molecule has 6 aromatic rings. The van der Waals surface area contributed by atoms with Crippen molar-refractivity contribution in [3.63, 3.8) is 0 Å². The fraction of sp³-hybridized carbons (Fsp3) is 0.0800. The maximum Gasteiger partial charge on any atom is 0.416 e. The Morgan fingerprint density at radius 3 is 2.61 bits per heavy atom. The van der Waals surface area contributed by atoms with Crippen LogP contribution in [0.4, 0.5) is 13.2 Å². The Morgan fingerprint density at radius 2 is 1.81 bits per heavy atom. The van der Waals surface area contributed by atoms with E-state index in [0.29, 0.717) is 22.4 Å². The molecule has 178 valence electrons. The number of rotatable bonds is 2. The average molecular weight is 488 g/mol. The second-order valence-electron chi connectivity index (χ2n) is 8.25. The van der Waals surface area contributed by atoms with Gasteiger partial charge in [-0.2, -0.15) is 13.2 Å². The predicted molar refractivity (Wildman–Crippen MR) is 128 cm³/mol. The van der Waals surface area contributed by atoms with Gasteiger partial charge >= 0.3 is 11.9 Å². The molecule has 5 heterocycles. The molecule has 11 heteroatoms. The highest BCUT2D eigenvalue weighted by Gasteiger charge is 2.31. The van der Waals surface area contributed by atoms with E-state index in [1.165, 1.54) is 25.4 Å². The van der Waals surface area contributed by atoms with Gasteiger partial charge in [0.05, 0.1) is 33.4 Å². The van der Waals surface area contributed by atoms with Crippen molar-refractivity contribution >= 4 is 33.0 Å². The third-order valence-electron chi connectivity index (χ3n) is 6.05. The maximum atomic E-state index is 13.4. The largest absolute Gasteiger partial charge is 0.416 e. The van der Waals surface area contributed by atoms with Gasteiger partial charge in [0.2, 0.25) is 0 Å². The zero-order valence-electron chi connectivity index (χ0n) is 18.5. The third kappa shape index (κ3) is 3.28. The zero-order valence-corrected chi connectivity index (χ0v) is 18.5. The molecular formula is C25H15F3N6O2. The minimum atomic E-state index is -4.62. The first-order valence-electron chi connectivity index (χ1n) is 10.7. The van der Waals surface area contributed by atoms with Crippen molar-refractivity contribution in [2.75, 3.05) is 0 Å². The van der Waals surface area contributed by atoms with Crippen molar-refractivity contribution in [3.05, 3.63) is 93.5 Å². The molecule has 5 aromatic heterocycles. The summed E-state index contributed by atoms with van der Waals surface area (Å²) in [7, 11) is 1.26. The highest BCUT2D eigenvalue weighted by atomic mass is 19.4. The molecule has 6 rings (SSSR count). The van der Waals surface area contributed by atoms with E-state index in [9.17, 15) is 22.8 Å². The summed E-state index contributed by atoms with van der Waals surface area (Å²) in [6.07, 6.45) is 0.0774. The Morgan fingerprint density at radius 1 is 0.972 bits per heavy atom. The van der Waals surface area contributed by atoms with Crippen LogP contribution in [0.3, 0.4) is 0 Å². The van der Waals surface area contributed by atoms with Crippen LogP contribution in [-0.4, -0.2) is 29.1 Å². The van der Waals surface area contributed by atoms with Crippen molar-refractivity contribution in [3.8, 4) is 16.9 Å². The van der Waals surface area contributed by atoms with Gasteiger partial charge < -0.3 is 4.98 Å². The molecule has 0 aliphatic rings. The lowest BCUT2D eigenvalue weighted by Gasteiger charge is -2.15. The number of fused-ring (bicyclic) bond motifs is 4. The quantitative estimate of drug-likeness (QED) is 0.369. The van der Waals surface area contributed by atoms with Crippen molar-refractivity contribution < 1.29 is 13.2 Å². The van der Waals surface area contributed by atoms with E-state index in [1.54, 1.807) is 24.5 Å². The van der Waals surface area contributed by atoms with Gasteiger partial charge in [-0.1, -0.05) is 6.07 Å². The predicted octanol–water partition coefficient (Wildman–Crippen LogP) is 4.19. The normalized spacial score (nSPS) is 12.1. The van der Waals surface area contributed by atoms with Gasteiger partial charge in [0, 0.05) is 36.6 Å². The van der Waals surface area contributed by atoms with Gasteiger partial charge in [0.25, 0.3) is 5.56 Å². The summed E-state index contributed by atoms with van der Waals surface area (Å²) < 4.78 is 42.3. The Bertz CT molecular complexity index is 1950. The summed E-state index contributed by atoms with van der Waals surface area (Å²) in [5.41, 5.74) is 0.114. The lowest BCUT2D eigenvalue weighted by Crippen LogP contribution is -2.37. The summed E-state index contributed by atoms with van der Waals surface area (Å²) in [5, 5.41) is 0.908. The van der Waals surface area contributed by atoms with Gasteiger partial charge in [0.15, 0.2) is 0 Å². The second kappa shape index (κ2) is 7.60. The number of benzene rings is 1. The Balaban J connectivity index is 1.71. The van der Waals surface area contributed by atoms with Gasteiger partial charge in [-0.3, -0.25) is 18.9 Å². The Hall–Kier alpha value is -4.80. The molecule has 0 bridgehead atoms. The van der Waals surface area contributed by atoms with Crippen LogP contribution in [0.2, 0.25) is 0 Å². The highest BCUT2D eigenvalue weighted by molar-refractivity contribution is 6.02. The van der Waals surface area contributed by atoms with Crippen molar-refractivity contribution in [2.24, 2.45) is 7.05 Å². The summed E-state index contributed by atoms with van der Waals surface area (Å²) >= 11 is 0. The molecule has 1 aromatic carbocycles. The number of nitrogens with zero attached hydrogens (tertiary/aromatic N) is 5. The second-order valence-corrected chi connectivity index (χ2v) is 8.25. The number of hydrogen-bond acceptors (Lipinski definition) is 5. The molecule has 0 saturated heterocycles. The summed E-state index contributed by atoms with van der Waals surface area (Å²) in [4.78, 5) is 42.6. The molecule has 0 amide bonds. The van der Waals surface area contributed by atoms with Crippen LogP contribution < -0.4 is 11.2 Å². The Kier molecular flexibility index (Phi) is 4.59. The van der Waals surface area contributed by atoms with E-state index in [-0.39, 0.29) is 22.1 Å². The van der Waals surface area contributed by atoms with Crippen molar-refractivity contribution in [1.29, 1.82) is 0 Å². The van der Waals surface area contributed by atoms with Gasteiger partial charge in [-0.05, 0) is 42.5 Å². The molecule has 1 N–H and O–H groups in total. The van der Waals surface area contributed by atoms with Crippen LogP contribution in [-0.2, 0) is 13.2 Å². The SMILES string of the molecule is Cn1c(=O)c2cnc3ccc(-c4cnc5[nH]ccc5c4)nc3c2n(-c2cccc(C(F)(F)F)c2)c1=O. The van der Waals surface area contributed by atoms with Gasteiger partial charge in [0.1, 0.15) is 11.2 Å². The molecule has 0 atom stereocenters. The van der Waals surface area contributed by atoms with E-state index in [2.05, 4.69) is 15.0 Å². The number of aromatic amines is 1. The summed E-state index contributed by atoms with van der Waals surface area (Å²) in [6.45, 7) is 0. The molecule has 0 saturated carbocycles. The fourth-order valence-electron chi connectivity index (χ4n) is 4.25. The average Bonchev–Trinajstić information content (AvgIpc) is 3.35. The van der Waals surface area contributed by atoms with Gasteiger partial charge in [-0.25, -0.2) is 14.8 Å². The Labute approximate surface area is 199 Å². The minimum Gasteiger partial charge on any atom is -0.346 e. The number of halogens is 3. The molecule has 8 nitrogen and oxygen atoms in total. The lowest BCUT2D eigenvalue weighted by atomic mass is 10.1. The van der Waals surface area contributed by atoms with E-state index >= 15 is 0 Å². The summed E-state index contributed by atoms with van der Waals surface area (Å²) in [5.74, 6) is 0. The first kappa shape index (κ1) is 21.7. The molecule has 0 fully saturated rings. The zero-order chi connectivity index (χ0) is 25.2. The highest BCUT2D eigenvalue weighted by Crippen LogP contribution is 2.31. The first-order valence-corrected chi connectivity index (χ1v) is 10.7. The standard InChI is InChI=1S/C25H15F3N6O2/c1-33-23(35)17-12-30-19-6-5-18(14-9-13-7-8-29-22(13)31-11-14)32-20(19)21(17)34(24(33)36)16-4-2-3-15(10-16)25(26,27)28/h2-12H,1H3,(H,29,31). The van der Waals surface area contributed by atoms with E-state index < -0.39 is 23.0 Å². The number of nitrogens with one attached hydrogen (secondary N) is 1. The fourth-order valence-corrected chi connectivity index (χ4v) is 4.25. The molecule has 0 aliphatic carbocycles. The van der Waals surface area contributed by atoms with Crippen LogP contribution >= 0.6 is 0 Å². The van der Waals surface area contributed by atoms with E-state index in [1.807, 2.05) is 12.1 Å². The molecule has 36 heavy (non-hydrogen) atoms. The number of pyridine rings is 3. The summed E-state index contributed by atoms with van der Waals surface area (Å²) in [6, 6.07) is 11.5. The first-order chi connectivity index (χ1) is 17.2. The van der Waals surface area contributed by atoms with Crippen LogP contribution in [0.1, 0.15) is 5.56 Å². The third-order valence-corrected chi connectivity index (χ3v) is 6.05. The van der Waals surface area contributed by atoms with Crippen LogP contribution in [0.15, 0.2) is 76.7 Å². The van der Waals surface area contributed by atoms with Crippen molar-refractivity contribution in [1.82, 2.24) is 29.1 Å². The topological polar surface area (TPSA) is 98.5 Å². The van der Waals surface area contributed by atoms with Crippen LogP contribution in [0.25, 0.3) is 49.9 Å². The molecular weight excluding hydrogens is 473 g/mol. The van der Waals surface area contributed by atoms with E-state index in [4.69, 9.17) is 4.98 Å². The van der Waals surface area contributed by atoms with Gasteiger partial charge in [-0.15, -0.1) is 0 Å². The monoisotopic (exact) mass is 488 g/mol.